The van der Waals surface area contributed by atoms with E-state index in [0.29, 0.717) is 17.6 Å². The normalized spacial score (nSPS) is 31.0. The Morgan fingerprint density at radius 1 is 1.41 bits per heavy atom. The van der Waals surface area contributed by atoms with Crippen LogP contribution in [-0.2, 0) is 4.79 Å². The van der Waals surface area contributed by atoms with Crippen LogP contribution in [0.3, 0.4) is 0 Å². The standard InChI is InChI=1S/C15H12ClFN4O/c16-11-6-10(3-4-12(11)17)21-14(22)13-8-1-2-9(5-8)20(13)15(21)19-7-18/h3-4,6,8-9,13H,1-2,5H2/t8-,9+,13+/m1/s1. The number of fused-ring (bicyclic) bond motifs is 5. The van der Waals surface area contributed by atoms with Crippen molar-refractivity contribution in [3.05, 3.63) is 29.0 Å². The van der Waals surface area contributed by atoms with E-state index in [9.17, 15) is 9.18 Å². The second kappa shape index (κ2) is 4.68. The SMILES string of the molecule is N#CN=C1N(c2ccc(F)c(Cl)c2)C(=O)[C@@H]2[C@@H]3CC[C@@H](C3)N12. The van der Waals surface area contributed by atoms with Crippen LogP contribution in [0.15, 0.2) is 23.2 Å². The molecule has 0 aromatic heterocycles. The maximum Gasteiger partial charge on any atom is 0.257 e. The topological polar surface area (TPSA) is 59.7 Å². The molecule has 5 nitrogen and oxygen atoms in total. The van der Waals surface area contributed by atoms with Crippen molar-refractivity contribution in [1.29, 1.82) is 5.26 Å². The number of hydrogen-bond acceptors (Lipinski definition) is 3. The van der Waals surface area contributed by atoms with E-state index in [1.165, 1.54) is 23.1 Å². The molecule has 2 bridgehead atoms. The summed E-state index contributed by atoms with van der Waals surface area (Å²) in [7, 11) is 0. The molecule has 1 aromatic carbocycles. The van der Waals surface area contributed by atoms with Gasteiger partial charge in [-0.3, -0.25) is 4.79 Å². The average Bonchev–Trinajstić information content (AvgIpc) is 3.16. The van der Waals surface area contributed by atoms with Crippen LogP contribution in [0, 0.1) is 23.2 Å². The molecule has 1 saturated carbocycles. The summed E-state index contributed by atoms with van der Waals surface area (Å²) >= 11 is 5.82. The number of halogens is 2. The first kappa shape index (κ1) is 13.5. The van der Waals surface area contributed by atoms with Crippen molar-refractivity contribution in [2.24, 2.45) is 10.9 Å². The molecule has 3 fully saturated rings. The third kappa shape index (κ3) is 1.69. The van der Waals surface area contributed by atoms with E-state index in [-0.39, 0.29) is 23.0 Å². The van der Waals surface area contributed by atoms with Crippen molar-refractivity contribution in [2.45, 2.75) is 31.3 Å². The Morgan fingerprint density at radius 3 is 2.95 bits per heavy atom. The van der Waals surface area contributed by atoms with Crippen molar-refractivity contribution < 1.29 is 9.18 Å². The minimum absolute atomic E-state index is 0.0587. The molecule has 0 N–H and O–H groups in total. The van der Waals surface area contributed by atoms with Gasteiger partial charge in [-0.1, -0.05) is 11.6 Å². The first-order valence-corrected chi connectivity index (χ1v) is 7.53. The quantitative estimate of drug-likeness (QED) is 0.748. The van der Waals surface area contributed by atoms with Gasteiger partial charge in [0.1, 0.15) is 11.9 Å². The molecule has 112 valence electrons. The first-order chi connectivity index (χ1) is 10.6. The van der Waals surface area contributed by atoms with Gasteiger partial charge in [-0.05, 0) is 43.4 Å². The maximum absolute atomic E-state index is 13.4. The summed E-state index contributed by atoms with van der Waals surface area (Å²) in [4.78, 5) is 20.0. The third-order valence-electron chi connectivity index (χ3n) is 4.80. The zero-order valence-electron chi connectivity index (χ0n) is 11.5. The molecule has 7 heteroatoms. The van der Waals surface area contributed by atoms with Crippen LogP contribution >= 0.6 is 11.6 Å². The molecule has 0 spiro atoms. The van der Waals surface area contributed by atoms with Gasteiger partial charge in [0.15, 0.2) is 0 Å². The number of hydrogen-bond donors (Lipinski definition) is 0. The van der Waals surface area contributed by atoms with Gasteiger partial charge in [0, 0.05) is 6.04 Å². The fourth-order valence-electron chi connectivity index (χ4n) is 3.96. The van der Waals surface area contributed by atoms with E-state index in [4.69, 9.17) is 16.9 Å². The van der Waals surface area contributed by atoms with Crippen LogP contribution < -0.4 is 4.90 Å². The highest BCUT2D eigenvalue weighted by molar-refractivity contribution is 6.31. The lowest BCUT2D eigenvalue weighted by Gasteiger charge is -2.28. The Kier molecular flexibility index (Phi) is 2.88. The third-order valence-corrected chi connectivity index (χ3v) is 5.09. The summed E-state index contributed by atoms with van der Waals surface area (Å²) < 4.78 is 13.4. The maximum atomic E-state index is 13.4. The number of amides is 1. The van der Waals surface area contributed by atoms with Crippen molar-refractivity contribution in [3.8, 4) is 6.19 Å². The number of aliphatic imine (C=N–C) groups is 1. The summed E-state index contributed by atoms with van der Waals surface area (Å²) in [5.74, 6) is -0.00466. The Balaban J connectivity index is 1.81. The van der Waals surface area contributed by atoms with E-state index in [0.717, 1.165) is 19.3 Å². The van der Waals surface area contributed by atoms with Gasteiger partial charge in [0.05, 0.1) is 10.7 Å². The van der Waals surface area contributed by atoms with Crippen molar-refractivity contribution >= 4 is 29.2 Å². The second-order valence-electron chi connectivity index (χ2n) is 5.86. The van der Waals surface area contributed by atoms with Crippen LogP contribution in [0.25, 0.3) is 0 Å². The van der Waals surface area contributed by atoms with Gasteiger partial charge in [0.2, 0.25) is 12.2 Å². The van der Waals surface area contributed by atoms with Crippen LogP contribution in [0.1, 0.15) is 19.3 Å². The first-order valence-electron chi connectivity index (χ1n) is 7.16. The average molecular weight is 319 g/mol. The molecule has 1 amide bonds. The Labute approximate surface area is 131 Å². The number of nitrogens with zero attached hydrogens (tertiary/aromatic N) is 4. The lowest BCUT2D eigenvalue weighted by molar-refractivity contribution is -0.120. The van der Waals surface area contributed by atoms with Gasteiger partial charge < -0.3 is 4.90 Å². The molecular weight excluding hydrogens is 307 g/mol. The molecule has 0 unspecified atom stereocenters. The molecule has 4 rings (SSSR count). The van der Waals surface area contributed by atoms with Crippen LogP contribution in [-0.4, -0.2) is 28.9 Å². The van der Waals surface area contributed by atoms with Crippen LogP contribution in [0.4, 0.5) is 10.1 Å². The Bertz CT molecular complexity index is 744. The fraction of sp³-hybridized carbons (Fsp3) is 0.400. The number of carbonyl (C=O) groups excluding carboxylic acids is 1. The summed E-state index contributed by atoms with van der Waals surface area (Å²) in [5.41, 5.74) is 0.444. The molecule has 3 atom stereocenters. The van der Waals surface area contributed by atoms with Gasteiger partial charge in [-0.25, -0.2) is 9.29 Å². The molecule has 2 heterocycles. The minimum atomic E-state index is -0.545. The van der Waals surface area contributed by atoms with Gasteiger partial charge in [-0.2, -0.15) is 5.26 Å². The number of anilines is 1. The smallest absolute Gasteiger partial charge is 0.257 e. The number of benzene rings is 1. The van der Waals surface area contributed by atoms with Crippen molar-refractivity contribution in [2.75, 3.05) is 4.90 Å². The van der Waals surface area contributed by atoms with E-state index >= 15 is 0 Å². The highest BCUT2D eigenvalue weighted by Gasteiger charge is 2.58. The number of carbonyl (C=O) groups is 1. The summed E-state index contributed by atoms with van der Waals surface area (Å²) in [6.45, 7) is 0. The summed E-state index contributed by atoms with van der Waals surface area (Å²) in [6, 6.07) is 4.09. The largest absolute Gasteiger partial charge is 0.326 e. The van der Waals surface area contributed by atoms with Crippen molar-refractivity contribution in [1.82, 2.24) is 4.90 Å². The molecule has 2 saturated heterocycles. The minimum Gasteiger partial charge on any atom is -0.326 e. The summed E-state index contributed by atoms with van der Waals surface area (Å²) in [5, 5.41) is 8.92. The van der Waals surface area contributed by atoms with E-state index < -0.39 is 5.82 Å². The monoisotopic (exact) mass is 318 g/mol. The number of piperidine rings is 1. The molecule has 1 aromatic rings. The number of nitriles is 1. The Morgan fingerprint density at radius 2 is 2.23 bits per heavy atom. The molecule has 22 heavy (non-hydrogen) atoms. The predicted octanol–water partition coefficient (Wildman–Crippen LogP) is 2.52. The lowest BCUT2D eigenvalue weighted by Crippen LogP contribution is -2.41. The molecule has 2 aliphatic heterocycles. The zero-order chi connectivity index (χ0) is 15.4. The second-order valence-corrected chi connectivity index (χ2v) is 6.27. The van der Waals surface area contributed by atoms with E-state index in [1.54, 1.807) is 6.19 Å². The summed E-state index contributed by atoms with van der Waals surface area (Å²) in [6.07, 6.45) is 4.78. The number of guanidine groups is 1. The molecular formula is C15H12ClFN4O. The Hall–Kier alpha value is -2.13. The van der Waals surface area contributed by atoms with E-state index in [2.05, 4.69) is 4.99 Å². The highest BCUT2D eigenvalue weighted by atomic mass is 35.5. The van der Waals surface area contributed by atoms with Crippen LogP contribution in [0.5, 0.6) is 0 Å². The zero-order valence-corrected chi connectivity index (χ0v) is 12.3. The number of rotatable bonds is 1. The van der Waals surface area contributed by atoms with Gasteiger partial charge in [-0.15, -0.1) is 4.99 Å². The molecule has 0 radical (unpaired) electrons. The molecule has 3 aliphatic rings. The van der Waals surface area contributed by atoms with Gasteiger partial charge >= 0.3 is 0 Å². The predicted molar refractivity (Wildman–Crippen MR) is 78.7 cm³/mol. The van der Waals surface area contributed by atoms with E-state index in [1.807, 2.05) is 4.90 Å². The van der Waals surface area contributed by atoms with Crippen molar-refractivity contribution in [3.63, 3.8) is 0 Å². The lowest BCUT2D eigenvalue weighted by atomic mass is 9.99. The van der Waals surface area contributed by atoms with Gasteiger partial charge in [0.25, 0.3) is 5.91 Å². The van der Waals surface area contributed by atoms with Crippen LogP contribution in [0.2, 0.25) is 5.02 Å². The highest BCUT2D eigenvalue weighted by Crippen LogP contribution is 2.47. The fourth-order valence-corrected chi connectivity index (χ4v) is 4.13. The molecule has 1 aliphatic carbocycles.